The standard InChI is InChI=1S/C17H28N4O2/c1-2-3-16(22)13-20-17(23)19-12-14-6-10-21(11-7-14)15-4-8-18-9-5-15/h4-5,8-9,14,16,22H,2-3,6-7,10-13H2,1H3,(H2,19,20,23). The minimum atomic E-state index is -0.450. The van der Waals surface area contributed by atoms with Gasteiger partial charge in [-0.15, -0.1) is 0 Å². The monoisotopic (exact) mass is 320 g/mol. The van der Waals surface area contributed by atoms with Crippen molar-refractivity contribution in [3.8, 4) is 0 Å². The number of aliphatic hydroxyl groups is 1. The number of aliphatic hydroxyl groups excluding tert-OH is 1. The van der Waals surface area contributed by atoms with Crippen molar-refractivity contribution < 1.29 is 9.90 Å². The van der Waals surface area contributed by atoms with E-state index in [0.29, 0.717) is 25.4 Å². The first kappa shape index (κ1) is 17.5. The molecule has 1 atom stereocenters. The van der Waals surface area contributed by atoms with Crippen LogP contribution in [0.5, 0.6) is 0 Å². The quantitative estimate of drug-likeness (QED) is 0.715. The predicted octanol–water partition coefficient (Wildman–Crippen LogP) is 1.76. The van der Waals surface area contributed by atoms with Crippen LogP contribution >= 0.6 is 0 Å². The molecule has 0 saturated carbocycles. The summed E-state index contributed by atoms with van der Waals surface area (Å²) < 4.78 is 0. The van der Waals surface area contributed by atoms with Crippen LogP contribution in [0.4, 0.5) is 10.5 Å². The van der Waals surface area contributed by atoms with E-state index in [0.717, 1.165) is 32.4 Å². The lowest BCUT2D eigenvalue weighted by atomic mass is 9.96. The molecule has 0 aromatic carbocycles. The summed E-state index contributed by atoms with van der Waals surface area (Å²) in [6.45, 7) is 5.04. The van der Waals surface area contributed by atoms with Crippen molar-refractivity contribution in [2.24, 2.45) is 5.92 Å². The Hall–Kier alpha value is -1.82. The zero-order valence-electron chi connectivity index (χ0n) is 13.9. The molecule has 1 aliphatic heterocycles. The second-order valence-corrected chi connectivity index (χ2v) is 6.17. The summed E-state index contributed by atoms with van der Waals surface area (Å²) in [4.78, 5) is 18.1. The lowest BCUT2D eigenvalue weighted by Crippen LogP contribution is -2.43. The maximum absolute atomic E-state index is 11.7. The van der Waals surface area contributed by atoms with Crippen LogP contribution in [0.3, 0.4) is 0 Å². The van der Waals surface area contributed by atoms with Crippen molar-refractivity contribution in [3.05, 3.63) is 24.5 Å². The summed E-state index contributed by atoms with van der Waals surface area (Å²) in [5.74, 6) is 0.513. The number of piperidine rings is 1. The van der Waals surface area contributed by atoms with E-state index in [2.05, 4.69) is 20.5 Å². The van der Waals surface area contributed by atoms with Crippen molar-refractivity contribution in [3.63, 3.8) is 0 Å². The first-order valence-corrected chi connectivity index (χ1v) is 8.53. The molecule has 6 heteroatoms. The molecule has 0 bridgehead atoms. The van der Waals surface area contributed by atoms with Crippen LogP contribution in [0, 0.1) is 5.92 Å². The molecule has 6 nitrogen and oxygen atoms in total. The number of anilines is 1. The van der Waals surface area contributed by atoms with Gasteiger partial charge in [0.05, 0.1) is 6.10 Å². The van der Waals surface area contributed by atoms with Crippen molar-refractivity contribution in [2.45, 2.75) is 38.7 Å². The first-order chi connectivity index (χ1) is 11.2. The number of nitrogens with zero attached hydrogens (tertiary/aromatic N) is 2. The number of carbonyl (C=O) groups is 1. The van der Waals surface area contributed by atoms with Gasteiger partial charge >= 0.3 is 6.03 Å². The van der Waals surface area contributed by atoms with Crippen molar-refractivity contribution in [2.75, 3.05) is 31.1 Å². The molecular formula is C17H28N4O2. The summed E-state index contributed by atoms with van der Waals surface area (Å²) in [6, 6.07) is 3.89. The number of nitrogens with one attached hydrogen (secondary N) is 2. The highest BCUT2D eigenvalue weighted by atomic mass is 16.3. The fraction of sp³-hybridized carbons (Fsp3) is 0.647. The van der Waals surface area contributed by atoms with Gasteiger partial charge in [0.25, 0.3) is 0 Å². The normalized spacial score (nSPS) is 16.9. The van der Waals surface area contributed by atoms with Gasteiger partial charge in [0.1, 0.15) is 0 Å². The van der Waals surface area contributed by atoms with Crippen LogP contribution in [0.25, 0.3) is 0 Å². The van der Waals surface area contributed by atoms with Gasteiger partial charge in [-0.25, -0.2) is 4.79 Å². The molecule has 128 valence electrons. The number of carbonyl (C=O) groups excluding carboxylic acids is 1. The van der Waals surface area contributed by atoms with E-state index in [1.54, 1.807) is 0 Å². The maximum Gasteiger partial charge on any atom is 0.314 e. The topological polar surface area (TPSA) is 77.5 Å². The van der Waals surface area contributed by atoms with Crippen molar-refractivity contribution >= 4 is 11.7 Å². The number of amides is 2. The van der Waals surface area contributed by atoms with Crippen LogP contribution in [-0.2, 0) is 0 Å². The summed E-state index contributed by atoms with van der Waals surface area (Å²) >= 11 is 0. The highest BCUT2D eigenvalue weighted by Gasteiger charge is 2.19. The Kier molecular flexibility index (Phi) is 7.13. The van der Waals surface area contributed by atoms with E-state index < -0.39 is 6.10 Å². The highest BCUT2D eigenvalue weighted by Crippen LogP contribution is 2.22. The molecule has 2 heterocycles. The molecule has 1 aromatic rings. The molecule has 0 spiro atoms. The summed E-state index contributed by atoms with van der Waals surface area (Å²) in [6.07, 6.45) is 6.96. The zero-order valence-corrected chi connectivity index (χ0v) is 13.9. The minimum Gasteiger partial charge on any atom is -0.391 e. The molecule has 1 saturated heterocycles. The van der Waals surface area contributed by atoms with Gasteiger partial charge in [-0.05, 0) is 37.3 Å². The summed E-state index contributed by atoms with van der Waals surface area (Å²) in [5, 5.41) is 15.2. The second kappa shape index (κ2) is 9.35. The smallest absolute Gasteiger partial charge is 0.314 e. The molecule has 3 N–H and O–H groups in total. The van der Waals surface area contributed by atoms with E-state index in [-0.39, 0.29) is 6.03 Å². The van der Waals surface area contributed by atoms with E-state index >= 15 is 0 Å². The van der Waals surface area contributed by atoms with E-state index in [1.807, 2.05) is 31.5 Å². The number of hydrogen-bond acceptors (Lipinski definition) is 4. The maximum atomic E-state index is 11.7. The van der Waals surface area contributed by atoms with Gasteiger partial charge < -0.3 is 20.6 Å². The van der Waals surface area contributed by atoms with E-state index in [9.17, 15) is 9.90 Å². The number of hydrogen-bond donors (Lipinski definition) is 3. The summed E-state index contributed by atoms with van der Waals surface area (Å²) in [7, 11) is 0. The van der Waals surface area contributed by atoms with Crippen molar-refractivity contribution in [1.29, 1.82) is 0 Å². The average Bonchev–Trinajstić information content (AvgIpc) is 2.59. The van der Waals surface area contributed by atoms with Crippen LogP contribution in [0.15, 0.2) is 24.5 Å². The number of aromatic nitrogens is 1. The molecule has 0 radical (unpaired) electrons. The van der Waals surface area contributed by atoms with Gasteiger partial charge in [-0.3, -0.25) is 4.98 Å². The van der Waals surface area contributed by atoms with Crippen LogP contribution in [0.1, 0.15) is 32.6 Å². The van der Waals surface area contributed by atoms with Gasteiger partial charge in [0.2, 0.25) is 0 Å². The molecule has 1 aliphatic rings. The third-order valence-corrected chi connectivity index (χ3v) is 4.31. The minimum absolute atomic E-state index is 0.184. The molecule has 2 rings (SSSR count). The molecule has 1 aromatic heterocycles. The van der Waals surface area contributed by atoms with Crippen LogP contribution in [0.2, 0.25) is 0 Å². The van der Waals surface area contributed by atoms with Gasteiger partial charge in [-0.2, -0.15) is 0 Å². The molecule has 1 unspecified atom stereocenters. The first-order valence-electron chi connectivity index (χ1n) is 8.53. The predicted molar refractivity (Wildman–Crippen MR) is 91.5 cm³/mol. The van der Waals surface area contributed by atoms with Crippen LogP contribution < -0.4 is 15.5 Å². The van der Waals surface area contributed by atoms with Gasteiger partial charge in [-0.1, -0.05) is 13.3 Å². The summed E-state index contributed by atoms with van der Waals surface area (Å²) in [5.41, 5.74) is 1.22. The Morgan fingerprint density at radius 1 is 1.35 bits per heavy atom. The largest absolute Gasteiger partial charge is 0.391 e. The number of rotatable bonds is 7. The number of urea groups is 1. The molecule has 23 heavy (non-hydrogen) atoms. The SMILES string of the molecule is CCCC(O)CNC(=O)NCC1CCN(c2ccncc2)CC1. The fourth-order valence-electron chi connectivity index (χ4n) is 2.90. The molecule has 1 fully saturated rings. The lowest BCUT2D eigenvalue weighted by Gasteiger charge is -2.33. The third kappa shape index (κ3) is 6.06. The Labute approximate surface area is 138 Å². The average molecular weight is 320 g/mol. The Morgan fingerprint density at radius 3 is 2.70 bits per heavy atom. The van der Waals surface area contributed by atoms with Crippen molar-refractivity contribution in [1.82, 2.24) is 15.6 Å². The zero-order chi connectivity index (χ0) is 16.5. The van der Waals surface area contributed by atoms with Crippen LogP contribution in [-0.4, -0.2) is 48.4 Å². The third-order valence-electron chi connectivity index (χ3n) is 4.31. The molecule has 0 aliphatic carbocycles. The lowest BCUT2D eigenvalue weighted by molar-refractivity contribution is 0.160. The molecular weight excluding hydrogens is 292 g/mol. The Bertz CT molecular complexity index is 461. The van der Waals surface area contributed by atoms with E-state index in [1.165, 1.54) is 5.69 Å². The second-order valence-electron chi connectivity index (χ2n) is 6.17. The van der Waals surface area contributed by atoms with Gasteiger partial charge in [0, 0.05) is 44.3 Å². The number of pyridine rings is 1. The fourth-order valence-corrected chi connectivity index (χ4v) is 2.90. The van der Waals surface area contributed by atoms with E-state index in [4.69, 9.17) is 0 Å². The van der Waals surface area contributed by atoms with Gasteiger partial charge in [0.15, 0.2) is 0 Å². The highest BCUT2D eigenvalue weighted by molar-refractivity contribution is 5.73. The Morgan fingerprint density at radius 2 is 2.04 bits per heavy atom. The molecule has 2 amide bonds. The Balaban J connectivity index is 1.62.